The Kier molecular flexibility index (Phi) is 4.31. The van der Waals surface area contributed by atoms with Gasteiger partial charge in [-0.2, -0.15) is 0 Å². The van der Waals surface area contributed by atoms with Gasteiger partial charge in [-0.1, -0.05) is 35.0 Å². The Labute approximate surface area is 114 Å². The Balaban J connectivity index is 2.26. The predicted molar refractivity (Wildman–Crippen MR) is 77.3 cm³/mol. The first-order valence-corrected chi connectivity index (χ1v) is 7.33. The minimum absolute atomic E-state index is 0.385. The molecule has 0 fully saturated rings. The molecule has 17 heavy (non-hydrogen) atoms. The maximum atomic E-state index is 5.74. The number of halogens is 1. The van der Waals surface area contributed by atoms with Crippen molar-refractivity contribution in [3.63, 3.8) is 0 Å². The topological polar surface area (TPSA) is 38.9 Å². The molecule has 1 aromatic heterocycles. The molecule has 0 saturated carbocycles. The summed E-state index contributed by atoms with van der Waals surface area (Å²) >= 11 is 5.12. The Hall–Kier alpha value is -0.710. The van der Waals surface area contributed by atoms with Crippen molar-refractivity contribution in [1.29, 1.82) is 0 Å². The Morgan fingerprint density at radius 3 is 2.65 bits per heavy atom. The molecule has 1 heterocycles. The van der Waals surface area contributed by atoms with E-state index in [0.29, 0.717) is 12.5 Å². The van der Waals surface area contributed by atoms with Crippen LogP contribution >= 0.6 is 27.3 Å². The van der Waals surface area contributed by atoms with Crippen LogP contribution in [0.5, 0.6) is 0 Å². The summed E-state index contributed by atoms with van der Waals surface area (Å²) in [7, 11) is 0. The van der Waals surface area contributed by atoms with Gasteiger partial charge in [0.05, 0.1) is 5.69 Å². The average Bonchev–Trinajstić information content (AvgIpc) is 2.81. The van der Waals surface area contributed by atoms with E-state index in [2.05, 4.69) is 45.4 Å². The van der Waals surface area contributed by atoms with Crippen molar-refractivity contribution in [2.75, 3.05) is 6.54 Å². The third-order valence-corrected chi connectivity index (χ3v) is 4.25. The smallest absolute Gasteiger partial charge is 0.123 e. The molecule has 0 bridgehead atoms. The van der Waals surface area contributed by atoms with E-state index in [-0.39, 0.29) is 0 Å². The van der Waals surface area contributed by atoms with Crippen LogP contribution in [-0.4, -0.2) is 11.5 Å². The van der Waals surface area contributed by atoms with Crippen LogP contribution in [0.1, 0.15) is 25.0 Å². The van der Waals surface area contributed by atoms with E-state index in [4.69, 9.17) is 5.73 Å². The fourth-order valence-electron chi connectivity index (χ4n) is 1.70. The summed E-state index contributed by atoms with van der Waals surface area (Å²) < 4.78 is 1.09. The van der Waals surface area contributed by atoms with Crippen molar-refractivity contribution < 1.29 is 0 Å². The molecule has 4 heteroatoms. The van der Waals surface area contributed by atoms with Gasteiger partial charge in [0.15, 0.2) is 0 Å². The lowest BCUT2D eigenvalue weighted by atomic mass is 10.0. The zero-order chi connectivity index (χ0) is 12.3. The molecule has 0 spiro atoms. The van der Waals surface area contributed by atoms with Crippen molar-refractivity contribution in [2.24, 2.45) is 5.73 Å². The summed E-state index contributed by atoms with van der Waals surface area (Å²) in [5.74, 6) is 0.385. The number of aromatic nitrogens is 1. The summed E-state index contributed by atoms with van der Waals surface area (Å²) in [5, 5.41) is 3.19. The summed E-state index contributed by atoms with van der Waals surface area (Å²) in [6.07, 6.45) is 1.04. The van der Waals surface area contributed by atoms with E-state index < -0.39 is 0 Å². The second-order valence-electron chi connectivity index (χ2n) is 3.93. The number of benzene rings is 1. The molecule has 1 aromatic carbocycles. The van der Waals surface area contributed by atoms with E-state index in [1.807, 2.05) is 12.1 Å². The lowest BCUT2D eigenvalue weighted by molar-refractivity contribution is 0.659. The van der Waals surface area contributed by atoms with Crippen LogP contribution in [0.4, 0.5) is 0 Å². The molecule has 0 radical (unpaired) electrons. The SMILES string of the molecule is CCC(CN)c1csc(-c2ccc(Br)cc2)n1. The first-order valence-electron chi connectivity index (χ1n) is 5.66. The molecule has 2 aromatic rings. The number of hydrogen-bond donors (Lipinski definition) is 1. The monoisotopic (exact) mass is 310 g/mol. The van der Waals surface area contributed by atoms with Crippen molar-refractivity contribution in [3.8, 4) is 10.6 Å². The highest BCUT2D eigenvalue weighted by Gasteiger charge is 2.12. The molecular weight excluding hydrogens is 296 g/mol. The first-order chi connectivity index (χ1) is 8.24. The lowest BCUT2D eigenvalue weighted by Crippen LogP contribution is -2.11. The zero-order valence-corrected chi connectivity index (χ0v) is 12.1. The lowest BCUT2D eigenvalue weighted by Gasteiger charge is -2.07. The molecule has 0 aliphatic rings. The van der Waals surface area contributed by atoms with Gasteiger partial charge >= 0.3 is 0 Å². The third-order valence-electron chi connectivity index (χ3n) is 2.81. The van der Waals surface area contributed by atoms with Gasteiger partial charge < -0.3 is 5.73 Å². The van der Waals surface area contributed by atoms with Crippen molar-refractivity contribution >= 4 is 27.3 Å². The molecule has 0 saturated heterocycles. The number of nitrogens with two attached hydrogens (primary N) is 1. The largest absolute Gasteiger partial charge is 0.330 e. The molecule has 2 N–H and O–H groups in total. The Bertz CT molecular complexity index is 474. The molecule has 1 unspecified atom stereocenters. The van der Waals surface area contributed by atoms with Crippen molar-refractivity contribution in [2.45, 2.75) is 19.3 Å². The Morgan fingerprint density at radius 1 is 1.35 bits per heavy atom. The van der Waals surface area contributed by atoms with Gasteiger partial charge in [0.2, 0.25) is 0 Å². The van der Waals surface area contributed by atoms with Gasteiger partial charge in [-0.3, -0.25) is 0 Å². The maximum absolute atomic E-state index is 5.74. The van der Waals surface area contributed by atoms with Crippen LogP contribution < -0.4 is 5.73 Å². The highest BCUT2D eigenvalue weighted by Crippen LogP contribution is 2.28. The minimum atomic E-state index is 0.385. The number of thiazole rings is 1. The van der Waals surface area contributed by atoms with Crippen molar-refractivity contribution in [1.82, 2.24) is 4.98 Å². The molecule has 1 atom stereocenters. The average molecular weight is 311 g/mol. The van der Waals surface area contributed by atoms with E-state index in [9.17, 15) is 0 Å². The Morgan fingerprint density at radius 2 is 2.06 bits per heavy atom. The van der Waals surface area contributed by atoms with Crippen LogP contribution in [0.2, 0.25) is 0 Å². The zero-order valence-electron chi connectivity index (χ0n) is 9.69. The summed E-state index contributed by atoms with van der Waals surface area (Å²) in [6, 6.07) is 8.24. The predicted octanol–water partition coefficient (Wildman–Crippen LogP) is 4.02. The van der Waals surface area contributed by atoms with E-state index >= 15 is 0 Å². The summed E-state index contributed by atoms with van der Waals surface area (Å²) in [4.78, 5) is 4.68. The summed E-state index contributed by atoms with van der Waals surface area (Å²) in [6.45, 7) is 2.82. The third kappa shape index (κ3) is 2.94. The number of rotatable bonds is 4. The van der Waals surface area contributed by atoms with E-state index in [1.54, 1.807) is 11.3 Å². The second kappa shape index (κ2) is 5.76. The van der Waals surface area contributed by atoms with Crippen LogP contribution in [0.15, 0.2) is 34.1 Å². The summed E-state index contributed by atoms with van der Waals surface area (Å²) in [5.41, 5.74) is 8.03. The minimum Gasteiger partial charge on any atom is -0.330 e. The normalized spacial score (nSPS) is 12.6. The molecule has 0 aliphatic heterocycles. The quantitative estimate of drug-likeness (QED) is 0.926. The molecule has 90 valence electrons. The van der Waals surface area contributed by atoms with Crippen LogP contribution in [0.25, 0.3) is 10.6 Å². The molecule has 0 amide bonds. The van der Waals surface area contributed by atoms with Gasteiger partial charge in [-0.25, -0.2) is 4.98 Å². The fourth-order valence-corrected chi connectivity index (χ4v) is 2.87. The van der Waals surface area contributed by atoms with Crippen molar-refractivity contribution in [3.05, 3.63) is 39.8 Å². The van der Waals surface area contributed by atoms with Gasteiger partial charge in [0.1, 0.15) is 5.01 Å². The van der Waals surface area contributed by atoms with E-state index in [0.717, 1.165) is 27.2 Å². The molecular formula is C13H15BrN2S. The number of nitrogens with zero attached hydrogens (tertiary/aromatic N) is 1. The van der Waals surface area contributed by atoms with Gasteiger partial charge in [0.25, 0.3) is 0 Å². The van der Waals surface area contributed by atoms with Crippen LogP contribution in [-0.2, 0) is 0 Å². The highest BCUT2D eigenvalue weighted by atomic mass is 79.9. The first kappa shape index (κ1) is 12.7. The van der Waals surface area contributed by atoms with Crippen LogP contribution in [0.3, 0.4) is 0 Å². The maximum Gasteiger partial charge on any atom is 0.123 e. The molecule has 0 aliphatic carbocycles. The van der Waals surface area contributed by atoms with Gasteiger partial charge in [0, 0.05) is 27.9 Å². The van der Waals surface area contributed by atoms with E-state index in [1.165, 1.54) is 0 Å². The van der Waals surface area contributed by atoms with Crippen LogP contribution in [0, 0.1) is 0 Å². The second-order valence-corrected chi connectivity index (χ2v) is 5.70. The standard InChI is InChI=1S/C13H15BrN2S/c1-2-9(7-15)12-8-17-13(16-12)10-3-5-11(14)6-4-10/h3-6,8-9H,2,7,15H2,1H3. The van der Waals surface area contributed by atoms with Gasteiger partial charge in [-0.15, -0.1) is 11.3 Å². The van der Waals surface area contributed by atoms with Gasteiger partial charge in [-0.05, 0) is 18.6 Å². The highest BCUT2D eigenvalue weighted by molar-refractivity contribution is 9.10. The fraction of sp³-hybridized carbons (Fsp3) is 0.308. The number of hydrogen-bond acceptors (Lipinski definition) is 3. The molecule has 2 rings (SSSR count). The molecule has 2 nitrogen and oxygen atoms in total.